The minimum Gasteiger partial charge on any atom is -0.406 e. The van der Waals surface area contributed by atoms with Crippen molar-refractivity contribution in [1.82, 2.24) is 15.1 Å². The van der Waals surface area contributed by atoms with Crippen LogP contribution in [0.4, 0.5) is 18.9 Å². The van der Waals surface area contributed by atoms with Gasteiger partial charge in [-0.3, -0.25) is 9.78 Å². The Morgan fingerprint density at radius 1 is 1.21 bits per heavy atom. The van der Waals surface area contributed by atoms with Crippen LogP contribution in [0.1, 0.15) is 18.2 Å². The van der Waals surface area contributed by atoms with Crippen molar-refractivity contribution in [2.45, 2.75) is 18.7 Å². The summed E-state index contributed by atoms with van der Waals surface area (Å²) in [6.07, 6.45) is -1.58. The zero-order chi connectivity index (χ0) is 20.6. The second-order valence-corrected chi connectivity index (χ2v) is 6.73. The number of halogens is 4. The van der Waals surface area contributed by atoms with Crippen molar-refractivity contribution >= 4 is 23.2 Å². The molecule has 3 heterocycles. The summed E-state index contributed by atoms with van der Waals surface area (Å²) in [7, 11) is 0. The van der Waals surface area contributed by atoms with Crippen molar-refractivity contribution in [2.24, 2.45) is 0 Å². The molecule has 1 unspecified atom stereocenters. The number of hydrogen-bond acceptors (Lipinski definition) is 6. The van der Waals surface area contributed by atoms with Crippen LogP contribution in [0, 0.1) is 0 Å². The van der Waals surface area contributed by atoms with Crippen molar-refractivity contribution in [3.8, 4) is 17.1 Å². The van der Waals surface area contributed by atoms with Gasteiger partial charge in [0, 0.05) is 24.7 Å². The zero-order valence-electron chi connectivity index (χ0n) is 14.6. The van der Waals surface area contributed by atoms with Crippen molar-refractivity contribution in [2.75, 3.05) is 11.4 Å². The molecule has 0 saturated carbocycles. The number of nitrogens with zero attached hydrogens (tertiary/aromatic N) is 4. The lowest BCUT2D eigenvalue weighted by Crippen LogP contribution is -2.24. The Labute approximate surface area is 167 Å². The number of pyridine rings is 1. The molecule has 1 saturated heterocycles. The van der Waals surface area contributed by atoms with Crippen molar-refractivity contribution in [1.29, 1.82) is 0 Å². The highest BCUT2D eigenvalue weighted by molar-refractivity contribution is 6.30. The first kappa shape index (κ1) is 19.2. The van der Waals surface area contributed by atoms with Crippen LogP contribution in [-0.2, 0) is 4.79 Å². The molecule has 1 aliphatic heterocycles. The normalized spacial score (nSPS) is 17.0. The molecule has 11 heteroatoms. The average molecular weight is 425 g/mol. The van der Waals surface area contributed by atoms with Crippen LogP contribution in [0.5, 0.6) is 5.75 Å². The molecule has 150 valence electrons. The van der Waals surface area contributed by atoms with E-state index in [1.54, 1.807) is 6.07 Å². The minimum atomic E-state index is -4.76. The van der Waals surface area contributed by atoms with Gasteiger partial charge in [-0.15, -0.1) is 13.2 Å². The van der Waals surface area contributed by atoms with Crippen LogP contribution in [0.2, 0.25) is 5.02 Å². The van der Waals surface area contributed by atoms with Gasteiger partial charge in [-0.05, 0) is 30.3 Å². The average Bonchev–Trinajstić information content (AvgIpc) is 3.28. The lowest BCUT2D eigenvalue weighted by atomic mass is 10.1. The van der Waals surface area contributed by atoms with Gasteiger partial charge in [0.25, 0.3) is 0 Å². The second kappa shape index (κ2) is 7.36. The van der Waals surface area contributed by atoms with E-state index in [9.17, 15) is 18.0 Å². The quantitative estimate of drug-likeness (QED) is 0.624. The first-order chi connectivity index (χ1) is 13.8. The number of carbonyl (C=O) groups excluding carboxylic acids is 1. The van der Waals surface area contributed by atoms with Crippen LogP contribution in [0.15, 0.2) is 47.2 Å². The molecule has 0 N–H and O–H groups in total. The van der Waals surface area contributed by atoms with E-state index in [1.165, 1.54) is 29.4 Å². The van der Waals surface area contributed by atoms with Gasteiger partial charge in [0.15, 0.2) is 0 Å². The Morgan fingerprint density at radius 3 is 2.66 bits per heavy atom. The molecule has 4 rings (SSSR count). The molecule has 0 bridgehead atoms. The van der Waals surface area contributed by atoms with E-state index in [4.69, 9.17) is 16.1 Å². The number of anilines is 1. The fraction of sp³-hybridized carbons (Fsp3) is 0.222. The summed E-state index contributed by atoms with van der Waals surface area (Å²) in [5.41, 5.74) is 1.03. The Bertz CT molecular complexity index is 1040. The van der Waals surface area contributed by atoms with Crippen molar-refractivity contribution < 1.29 is 27.2 Å². The second-order valence-electron chi connectivity index (χ2n) is 6.30. The largest absolute Gasteiger partial charge is 0.573 e. The van der Waals surface area contributed by atoms with Crippen molar-refractivity contribution in [3.63, 3.8) is 0 Å². The molecular weight excluding hydrogens is 413 g/mol. The Morgan fingerprint density at radius 2 is 1.97 bits per heavy atom. The first-order valence-electron chi connectivity index (χ1n) is 8.39. The summed E-state index contributed by atoms with van der Waals surface area (Å²) < 4.78 is 45.8. The summed E-state index contributed by atoms with van der Waals surface area (Å²) >= 11 is 5.93. The maximum Gasteiger partial charge on any atom is 0.573 e. The highest BCUT2D eigenvalue weighted by Gasteiger charge is 2.35. The fourth-order valence-corrected chi connectivity index (χ4v) is 3.16. The summed E-state index contributed by atoms with van der Waals surface area (Å²) in [5, 5.41) is 4.27. The van der Waals surface area contributed by atoms with Gasteiger partial charge < -0.3 is 14.2 Å². The predicted molar refractivity (Wildman–Crippen MR) is 95.4 cm³/mol. The third-order valence-electron chi connectivity index (χ3n) is 4.26. The molecule has 0 spiro atoms. The van der Waals surface area contributed by atoms with Gasteiger partial charge in [0.2, 0.25) is 17.6 Å². The number of benzene rings is 1. The number of amides is 1. The van der Waals surface area contributed by atoms with Crippen LogP contribution in [0.3, 0.4) is 0 Å². The van der Waals surface area contributed by atoms with Crippen LogP contribution >= 0.6 is 11.6 Å². The summed E-state index contributed by atoms with van der Waals surface area (Å²) in [6.45, 7) is 0.320. The SMILES string of the molecule is O=C1CC(c2nc(-c3ccc(OC(F)(F)F)cc3)no2)CN1c1cncc(Cl)c1. The van der Waals surface area contributed by atoms with E-state index in [0.717, 1.165) is 12.1 Å². The summed E-state index contributed by atoms with van der Waals surface area (Å²) in [5.74, 6) is -0.337. The summed E-state index contributed by atoms with van der Waals surface area (Å²) in [4.78, 5) is 22.2. The number of ether oxygens (including phenoxy) is 1. The molecule has 7 nitrogen and oxygen atoms in total. The monoisotopic (exact) mass is 424 g/mol. The molecule has 1 aromatic carbocycles. The van der Waals surface area contributed by atoms with Crippen LogP contribution in [-0.4, -0.2) is 33.9 Å². The molecule has 0 aliphatic carbocycles. The molecule has 1 atom stereocenters. The van der Waals surface area contributed by atoms with Gasteiger partial charge in [-0.2, -0.15) is 4.98 Å². The molecule has 29 heavy (non-hydrogen) atoms. The van der Waals surface area contributed by atoms with Gasteiger partial charge in [-0.1, -0.05) is 16.8 Å². The van der Waals surface area contributed by atoms with Crippen LogP contribution < -0.4 is 9.64 Å². The van der Waals surface area contributed by atoms with E-state index in [-0.39, 0.29) is 35.7 Å². The number of alkyl halides is 3. The minimum absolute atomic E-state index is 0.132. The standard InChI is InChI=1S/C18H12ClF3N4O3/c19-12-6-13(8-23-7-12)26-9-11(5-15(26)27)17-24-16(25-29-17)10-1-3-14(4-2-10)28-18(20,21)22/h1-4,6-8,11H,5,9H2. The number of aromatic nitrogens is 3. The summed E-state index contributed by atoms with van der Waals surface area (Å²) in [6, 6.07) is 6.73. The number of rotatable bonds is 4. The number of carbonyl (C=O) groups is 1. The maximum absolute atomic E-state index is 12.4. The first-order valence-corrected chi connectivity index (χ1v) is 8.77. The predicted octanol–water partition coefficient (Wildman–Crippen LogP) is 4.20. The van der Waals surface area contributed by atoms with E-state index < -0.39 is 6.36 Å². The van der Waals surface area contributed by atoms with Gasteiger partial charge in [0.1, 0.15) is 5.75 Å². The van der Waals surface area contributed by atoms with E-state index >= 15 is 0 Å². The van der Waals surface area contributed by atoms with Crippen molar-refractivity contribution in [3.05, 3.63) is 53.6 Å². The lowest BCUT2D eigenvalue weighted by molar-refractivity contribution is -0.274. The van der Waals surface area contributed by atoms with Gasteiger partial charge in [0.05, 0.1) is 22.8 Å². The lowest BCUT2D eigenvalue weighted by Gasteiger charge is -2.15. The smallest absolute Gasteiger partial charge is 0.406 e. The molecule has 1 fully saturated rings. The van der Waals surface area contributed by atoms with Gasteiger partial charge in [-0.25, -0.2) is 0 Å². The zero-order valence-corrected chi connectivity index (χ0v) is 15.3. The van der Waals surface area contributed by atoms with Gasteiger partial charge >= 0.3 is 6.36 Å². The van der Waals surface area contributed by atoms with E-state index in [1.807, 2.05) is 0 Å². The molecular formula is C18H12ClF3N4O3. The highest BCUT2D eigenvalue weighted by Crippen LogP contribution is 2.33. The molecule has 2 aromatic heterocycles. The Balaban J connectivity index is 1.49. The topological polar surface area (TPSA) is 81.3 Å². The molecule has 3 aromatic rings. The van der Waals surface area contributed by atoms with E-state index in [2.05, 4.69) is 19.9 Å². The molecule has 0 radical (unpaired) electrons. The number of hydrogen-bond donors (Lipinski definition) is 0. The fourth-order valence-electron chi connectivity index (χ4n) is 2.99. The Kier molecular flexibility index (Phi) is 4.87. The third kappa shape index (κ3) is 4.32. The third-order valence-corrected chi connectivity index (χ3v) is 4.47. The molecule has 1 aliphatic rings. The highest BCUT2D eigenvalue weighted by atomic mass is 35.5. The van der Waals surface area contributed by atoms with E-state index in [0.29, 0.717) is 22.8 Å². The maximum atomic E-state index is 12.4. The van der Waals surface area contributed by atoms with Crippen LogP contribution in [0.25, 0.3) is 11.4 Å². The Hall–Kier alpha value is -3.14. The molecule has 1 amide bonds.